The number of rotatable bonds is 5. The van der Waals surface area contributed by atoms with Gasteiger partial charge in [0.15, 0.2) is 0 Å². The summed E-state index contributed by atoms with van der Waals surface area (Å²) < 4.78 is 0. The lowest BCUT2D eigenvalue weighted by molar-refractivity contribution is 1.06. The Morgan fingerprint density at radius 2 is 2.12 bits per heavy atom. The maximum atomic E-state index is 5.70. The van der Waals surface area contributed by atoms with Crippen LogP contribution in [0.5, 0.6) is 0 Å². The summed E-state index contributed by atoms with van der Waals surface area (Å²) in [6, 6.07) is 9.92. The van der Waals surface area contributed by atoms with E-state index in [-0.39, 0.29) is 0 Å². The highest BCUT2D eigenvalue weighted by molar-refractivity contribution is 7.15. The molecule has 0 atom stereocenters. The number of aryl methyl sites for hydroxylation is 1. The van der Waals surface area contributed by atoms with E-state index in [1.54, 1.807) is 17.5 Å². The van der Waals surface area contributed by atoms with Gasteiger partial charge in [-0.15, -0.1) is 11.3 Å². The van der Waals surface area contributed by atoms with Crippen molar-refractivity contribution in [3.05, 3.63) is 52.8 Å². The molecule has 1 aliphatic carbocycles. The van der Waals surface area contributed by atoms with Gasteiger partial charge in [0.1, 0.15) is 0 Å². The SMILES string of the molecule is Cc1nc(C2CC2)sc1-c1ccnc(Nc2cccc(CN)c2)n1. The summed E-state index contributed by atoms with van der Waals surface area (Å²) in [5.74, 6) is 1.25. The zero-order valence-electron chi connectivity index (χ0n) is 13.5. The predicted octanol–water partition coefficient (Wildman–Crippen LogP) is 3.99. The van der Waals surface area contributed by atoms with Crippen LogP contribution < -0.4 is 11.1 Å². The Hall–Kier alpha value is -2.31. The maximum absolute atomic E-state index is 5.70. The molecule has 1 saturated carbocycles. The van der Waals surface area contributed by atoms with E-state index >= 15 is 0 Å². The number of nitrogens with one attached hydrogen (secondary N) is 1. The second-order valence-electron chi connectivity index (χ2n) is 6.04. The Kier molecular flexibility index (Phi) is 4.00. The van der Waals surface area contributed by atoms with E-state index in [0.29, 0.717) is 18.4 Å². The molecule has 0 amide bonds. The fraction of sp³-hybridized carbons (Fsp3) is 0.278. The smallest absolute Gasteiger partial charge is 0.227 e. The lowest BCUT2D eigenvalue weighted by atomic mass is 10.2. The van der Waals surface area contributed by atoms with Crippen molar-refractivity contribution in [2.45, 2.75) is 32.2 Å². The number of hydrogen-bond acceptors (Lipinski definition) is 6. The van der Waals surface area contributed by atoms with Gasteiger partial charge in [-0.3, -0.25) is 0 Å². The third-order valence-corrected chi connectivity index (χ3v) is 5.39. The van der Waals surface area contributed by atoms with Gasteiger partial charge in [-0.05, 0) is 43.5 Å². The lowest BCUT2D eigenvalue weighted by Crippen LogP contribution is -2.00. The normalized spacial score (nSPS) is 13.9. The molecule has 0 saturated heterocycles. The van der Waals surface area contributed by atoms with Crippen LogP contribution in [0.25, 0.3) is 10.6 Å². The summed E-state index contributed by atoms with van der Waals surface area (Å²) in [6.45, 7) is 2.57. The highest BCUT2D eigenvalue weighted by Gasteiger charge is 2.28. The standard InChI is InChI=1S/C18H19N5S/c1-11-16(24-17(21-11)13-5-6-13)15-7-8-20-18(23-15)22-14-4-2-3-12(9-14)10-19/h2-4,7-9,13H,5-6,10,19H2,1H3,(H,20,22,23). The molecule has 2 heterocycles. The predicted molar refractivity (Wildman–Crippen MR) is 97.5 cm³/mol. The molecule has 3 aromatic rings. The summed E-state index contributed by atoms with van der Waals surface area (Å²) in [7, 11) is 0. The van der Waals surface area contributed by atoms with Crippen molar-refractivity contribution in [2.24, 2.45) is 5.73 Å². The van der Waals surface area contributed by atoms with Gasteiger partial charge in [0, 0.05) is 24.3 Å². The van der Waals surface area contributed by atoms with Crippen LogP contribution in [0.3, 0.4) is 0 Å². The number of nitrogens with two attached hydrogens (primary N) is 1. The van der Waals surface area contributed by atoms with Gasteiger partial charge in [-0.1, -0.05) is 12.1 Å². The topological polar surface area (TPSA) is 76.7 Å². The first-order chi connectivity index (χ1) is 11.7. The molecule has 1 fully saturated rings. The first kappa shape index (κ1) is 15.2. The molecule has 0 unspecified atom stereocenters. The fourth-order valence-electron chi connectivity index (χ4n) is 2.61. The van der Waals surface area contributed by atoms with E-state index in [9.17, 15) is 0 Å². The molecular formula is C18H19N5S. The van der Waals surface area contributed by atoms with E-state index in [0.717, 1.165) is 27.5 Å². The zero-order chi connectivity index (χ0) is 16.5. The highest BCUT2D eigenvalue weighted by Crippen LogP contribution is 2.44. The summed E-state index contributed by atoms with van der Waals surface area (Å²) in [6.07, 6.45) is 4.31. The summed E-state index contributed by atoms with van der Waals surface area (Å²) in [4.78, 5) is 14.8. The third kappa shape index (κ3) is 3.16. The molecule has 0 radical (unpaired) electrons. The minimum atomic E-state index is 0.514. The average molecular weight is 337 g/mol. The molecule has 4 rings (SSSR count). The van der Waals surface area contributed by atoms with Crippen LogP contribution in [-0.4, -0.2) is 15.0 Å². The number of benzene rings is 1. The molecule has 1 aromatic carbocycles. The van der Waals surface area contributed by atoms with Crippen molar-refractivity contribution in [2.75, 3.05) is 5.32 Å². The molecule has 0 spiro atoms. The average Bonchev–Trinajstić information content (AvgIpc) is 3.38. The van der Waals surface area contributed by atoms with E-state index in [1.807, 2.05) is 30.3 Å². The molecule has 1 aliphatic rings. The zero-order valence-corrected chi connectivity index (χ0v) is 14.3. The molecule has 24 heavy (non-hydrogen) atoms. The van der Waals surface area contributed by atoms with Crippen LogP contribution in [0.15, 0.2) is 36.5 Å². The number of anilines is 2. The van der Waals surface area contributed by atoms with Gasteiger partial charge < -0.3 is 11.1 Å². The Morgan fingerprint density at radius 3 is 2.92 bits per heavy atom. The number of thiazole rings is 1. The van der Waals surface area contributed by atoms with E-state index in [2.05, 4.69) is 22.2 Å². The van der Waals surface area contributed by atoms with Crippen LogP contribution in [0.4, 0.5) is 11.6 Å². The van der Waals surface area contributed by atoms with Gasteiger partial charge in [0.05, 0.1) is 21.3 Å². The van der Waals surface area contributed by atoms with Crippen molar-refractivity contribution >= 4 is 23.0 Å². The number of aromatic nitrogens is 3. The van der Waals surface area contributed by atoms with Crippen molar-refractivity contribution in [3.63, 3.8) is 0 Å². The first-order valence-electron chi connectivity index (χ1n) is 8.09. The van der Waals surface area contributed by atoms with Crippen molar-refractivity contribution < 1.29 is 0 Å². The summed E-state index contributed by atoms with van der Waals surface area (Å²) >= 11 is 1.76. The number of hydrogen-bond donors (Lipinski definition) is 2. The second-order valence-corrected chi connectivity index (χ2v) is 7.07. The Labute approximate surface area is 145 Å². The van der Waals surface area contributed by atoms with Gasteiger partial charge in [-0.2, -0.15) is 0 Å². The summed E-state index contributed by atoms with van der Waals surface area (Å²) in [5.41, 5.74) is 9.68. The third-order valence-electron chi connectivity index (χ3n) is 4.05. The van der Waals surface area contributed by atoms with E-state index < -0.39 is 0 Å². The minimum Gasteiger partial charge on any atom is -0.326 e. The molecule has 0 bridgehead atoms. The van der Waals surface area contributed by atoms with Crippen LogP contribution in [0, 0.1) is 6.92 Å². The maximum Gasteiger partial charge on any atom is 0.227 e. The molecule has 0 aliphatic heterocycles. The molecule has 5 nitrogen and oxygen atoms in total. The van der Waals surface area contributed by atoms with Crippen molar-refractivity contribution in [1.29, 1.82) is 0 Å². The highest BCUT2D eigenvalue weighted by atomic mass is 32.1. The van der Waals surface area contributed by atoms with Crippen LogP contribution in [0.1, 0.15) is 35.0 Å². The number of nitrogens with zero attached hydrogens (tertiary/aromatic N) is 3. The van der Waals surface area contributed by atoms with E-state index in [1.165, 1.54) is 17.8 Å². The Balaban J connectivity index is 1.61. The van der Waals surface area contributed by atoms with Gasteiger partial charge in [-0.25, -0.2) is 15.0 Å². The summed E-state index contributed by atoms with van der Waals surface area (Å²) in [5, 5.41) is 4.50. The van der Waals surface area contributed by atoms with Crippen molar-refractivity contribution in [3.8, 4) is 10.6 Å². The molecule has 3 N–H and O–H groups in total. The van der Waals surface area contributed by atoms with Crippen LogP contribution in [0.2, 0.25) is 0 Å². The second kappa shape index (κ2) is 6.30. The monoisotopic (exact) mass is 337 g/mol. The molecule has 6 heteroatoms. The fourth-order valence-corrected chi connectivity index (χ4v) is 3.82. The van der Waals surface area contributed by atoms with Gasteiger partial charge >= 0.3 is 0 Å². The quantitative estimate of drug-likeness (QED) is 0.736. The molecule has 2 aromatic heterocycles. The van der Waals surface area contributed by atoms with Crippen molar-refractivity contribution in [1.82, 2.24) is 15.0 Å². The minimum absolute atomic E-state index is 0.514. The molecular weight excluding hydrogens is 318 g/mol. The molecule has 122 valence electrons. The van der Waals surface area contributed by atoms with E-state index in [4.69, 9.17) is 10.7 Å². The lowest BCUT2D eigenvalue weighted by Gasteiger charge is -2.07. The van der Waals surface area contributed by atoms with Crippen LogP contribution in [-0.2, 0) is 6.54 Å². The largest absolute Gasteiger partial charge is 0.326 e. The van der Waals surface area contributed by atoms with Gasteiger partial charge in [0.2, 0.25) is 5.95 Å². The Bertz CT molecular complexity index is 869. The van der Waals surface area contributed by atoms with Gasteiger partial charge in [0.25, 0.3) is 0 Å². The Morgan fingerprint density at radius 1 is 1.25 bits per heavy atom. The van der Waals surface area contributed by atoms with Crippen LogP contribution >= 0.6 is 11.3 Å². The first-order valence-corrected chi connectivity index (χ1v) is 8.91.